The number of aromatic nitrogens is 3. The molecule has 0 bridgehead atoms. The Morgan fingerprint density at radius 1 is 1.53 bits per heavy atom. The lowest BCUT2D eigenvalue weighted by atomic mass is 10.3. The molecule has 1 fully saturated rings. The van der Waals surface area contributed by atoms with Gasteiger partial charge in [0.05, 0.1) is 18.2 Å². The molecule has 1 aliphatic rings. The maximum absolute atomic E-state index is 11.7. The first kappa shape index (κ1) is 13.8. The van der Waals surface area contributed by atoms with Crippen molar-refractivity contribution in [3.8, 4) is 0 Å². The van der Waals surface area contributed by atoms with Crippen LogP contribution in [-0.4, -0.2) is 39.5 Å². The van der Waals surface area contributed by atoms with Gasteiger partial charge in [-0.1, -0.05) is 5.21 Å². The maximum Gasteiger partial charge on any atom is 0.360 e. The number of rotatable bonds is 6. The van der Waals surface area contributed by atoms with Gasteiger partial charge in [0, 0.05) is 6.04 Å². The van der Waals surface area contributed by atoms with E-state index < -0.39 is 5.97 Å². The lowest BCUT2D eigenvalue weighted by Gasteiger charge is -2.05. The minimum Gasteiger partial charge on any atom is -0.461 e. The van der Waals surface area contributed by atoms with Crippen molar-refractivity contribution in [3.63, 3.8) is 0 Å². The van der Waals surface area contributed by atoms with E-state index in [0.717, 1.165) is 12.8 Å². The molecular weight excluding hydrogens is 272 g/mol. The molecule has 1 heterocycles. The molecule has 0 unspecified atom stereocenters. The van der Waals surface area contributed by atoms with E-state index in [1.165, 1.54) is 4.68 Å². The van der Waals surface area contributed by atoms with Gasteiger partial charge in [0.15, 0.2) is 5.69 Å². The third-order valence-electron chi connectivity index (χ3n) is 2.67. The van der Waals surface area contributed by atoms with Gasteiger partial charge in [-0.25, -0.2) is 9.48 Å². The standard InChI is InChI=1S/C11H15ClN4O3/c1-2-19-11(18)10-8(5-12)16(15-14-10)6-9(17)13-7-3-4-7/h7H,2-6H2,1H3,(H,13,17). The number of amides is 1. The van der Waals surface area contributed by atoms with Gasteiger partial charge >= 0.3 is 5.97 Å². The summed E-state index contributed by atoms with van der Waals surface area (Å²) in [6.07, 6.45) is 2.03. The van der Waals surface area contributed by atoms with Crippen LogP contribution in [-0.2, 0) is 22.0 Å². The molecule has 1 aromatic heterocycles. The van der Waals surface area contributed by atoms with Crippen molar-refractivity contribution in [1.29, 1.82) is 0 Å². The van der Waals surface area contributed by atoms with E-state index in [0.29, 0.717) is 5.69 Å². The van der Waals surface area contributed by atoms with E-state index in [4.69, 9.17) is 16.3 Å². The molecule has 1 amide bonds. The smallest absolute Gasteiger partial charge is 0.360 e. The van der Waals surface area contributed by atoms with Crippen LogP contribution >= 0.6 is 11.6 Å². The molecule has 1 aliphatic carbocycles. The number of halogens is 1. The quantitative estimate of drug-likeness (QED) is 0.607. The summed E-state index contributed by atoms with van der Waals surface area (Å²) in [4.78, 5) is 23.3. The van der Waals surface area contributed by atoms with Crippen LogP contribution in [0.1, 0.15) is 35.9 Å². The van der Waals surface area contributed by atoms with Gasteiger partial charge in [0.1, 0.15) is 6.54 Å². The van der Waals surface area contributed by atoms with Gasteiger partial charge in [-0.2, -0.15) is 0 Å². The molecule has 1 saturated carbocycles. The largest absolute Gasteiger partial charge is 0.461 e. The number of hydrogen-bond donors (Lipinski definition) is 1. The Kier molecular flexibility index (Phi) is 4.36. The topological polar surface area (TPSA) is 86.1 Å². The number of esters is 1. The highest BCUT2D eigenvalue weighted by molar-refractivity contribution is 6.17. The van der Waals surface area contributed by atoms with Crippen LogP contribution in [0, 0.1) is 0 Å². The Balaban J connectivity index is 2.07. The zero-order valence-corrected chi connectivity index (χ0v) is 11.3. The summed E-state index contributed by atoms with van der Waals surface area (Å²) in [6, 6.07) is 0.278. The molecule has 8 heteroatoms. The average molecular weight is 287 g/mol. The Labute approximate surface area is 115 Å². The molecule has 2 rings (SSSR count). The molecule has 1 N–H and O–H groups in total. The molecule has 7 nitrogen and oxygen atoms in total. The van der Waals surface area contributed by atoms with Crippen molar-refractivity contribution < 1.29 is 14.3 Å². The third kappa shape index (κ3) is 3.44. The lowest BCUT2D eigenvalue weighted by Crippen LogP contribution is -2.30. The Morgan fingerprint density at radius 3 is 2.84 bits per heavy atom. The fourth-order valence-corrected chi connectivity index (χ4v) is 1.85. The highest BCUT2D eigenvalue weighted by Crippen LogP contribution is 2.18. The second-order valence-electron chi connectivity index (χ2n) is 4.24. The van der Waals surface area contributed by atoms with Gasteiger partial charge in [-0.05, 0) is 19.8 Å². The first-order valence-corrected chi connectivity index (χ1v) is 6.64. The average Bonchev–Trinajstić information content (AvgIpc) is 3.08. The number of carbonyl (C=O) groups is 2. The SMILES string of the molecule is CCOC(=O)c1nnn(CC(=O)NC2CC2)c1CCl. The van der Waals surface area contributed by atoms with E-state index in [9.17, 15) is 9.59 Å². The molecule has 0 aromatic carbocycles. The van der Waals surface area contributed by atoms with E-state index in [1.807, 2.05) is 0 Å². The molecule has 0 aliphatic heterocycles. The van der Waals surface area contributed by atoms with Gasteiger partial charge < -0.3 is 10.1 Å². The number of alkyl halides is 1. The molecule has 104 valence electrons. The number of nitrogens with one attached hydrogen (secondary N) is 1. The van der Waals surface area contributed by atoms with Gasteiger partial charge in [0.25, 0.3) is 0 Å². The first-order valence-electron chi connectivity index (χ1n) is 6.10. The Hall–Kier alpha value is -1.63. The number of nitrogens with zero attached hydrogens (tertiary/aromatic N) is 3. The van der Waals surface area contributed by atoms with Crippen LogP contribution in [0.5, 0.6) is 0 Å². The summed E-state index contributed by atoms with van der Waals surface area (Å²) < 4.78 is 6.18. The van der Waals surface area contributed by atoms with Crippen molar-refractivity contribution >= 4 is 23.5 Å². The molecule has 1 aromatic rings. The van der Waals surface area contributed by atoms with Gasteiger partial charge in [-0.3, -0.25) is 4.79 Å². The summed E-state index contributed by atoms with van der Waals surface area (Å²) in [6.45, 7) is 1.95. The van der Waals surface area contributed by atoms with Crippen molar-refractivity contribution in [1.82, 2.24) is 20.3 Å². The molecule has 0 saturated heterocycles. The Bertz CT molecular complexity index is 484. The fraction of sp³-hybridized carbons (Fsp3) is 0.636. The predicted octanol–water partition coefficient (Wildman–Crippen LogP) is 0.472. The van der Waals surface area contributed by atoms with E-state index in [2.05, 4.69) is 15.6 Å². The highest BCUT2D eigenvalue weighted by Gasteiger charge is 2.25. The maximum atomic E-state index is 11.7. The van der Waals surface area contributed by atoms with E-state index in [-0.39, 0.29) is 36.7 Å². The zero-order chi connectivity index (χ0) is 13.8. The molecule has 0 atom stereocenters. The Morgan fingerprint density at radius 2 is 2.26 bits per heavy atom. The van der Waals surface area contributed by atoms with Crippen molar-refractivity contribution in [3.05, 3.63) is 11.4 Å². The summed E-state index contributed by atoms with van der Waals surface area (Å²) in [5.41, 5.74) is 0.460. The van der Waals surface area contributed by atoms with Crippen LogP contribution in [0.3, 0.4) is 0 Å². The van der Waals surface area contributed by atoms with Crippen LogP contribution in [0.2, 0.25) is 0 Å². The van der Waals surface area contributed by atoms with Gasteiger partial charge in [-0.15, -0.1) is 16.7 Å². The normalized spacial score (nSPS) is 14.2. The zero-order valence-electron chi connectivity index (χ0n) is 10.6. The number of hydrogen-bond acceptors (Lipinski definition) is 5. The molecular formula is C11H15ClN4O3. The molecule has 0 radical (unpaired) electrons. The van der Waals surface area contributed by atoms with Crippen LogP contribution < -0.4 is 5.32 Å². The van der Waals surface area contributed by atoms with Gasteiger partial charge in [0.2, 0.25) is 5.91 Å². The molecule has 0 spiro atoms. The molecule has 19 heavy (non-hydrogen) atoms. The van der Waals surface area contributed by atoms with Crippen LogP contribution in [0.4, 0.5) is 0 Å². The number of carbonyl (C=O) groups excluding carboxylic acids is 2. The summed E-state index contributed by atoms with van der Waals surface area (Å²) in [7, 11) is 0. The number of ether oxygens (including phenoxy) is 1. The fourth-order valence-electron chi connectivity index (χ4n) is 1.59. The lowest BCUT2D eigenvalue weighted by molar-refractivity contribution is -0.122. The second-order valence-corrected chi connectivity index (χ2v) is 4.51. The summed E-state index contributed by atoms with van der Waals surface area (Å²) >= 11 is 5.78. The predicted molar refractivity (Wildman–Crippen MR) is 66.7 cm³/mol. The summed E-state index contributed by atoms with van der Waals surface area (Å²) in [5.74, 6) is -0.695. The van der Waals surface area contributed by atoms with Crippen LogP contribution in [0.25, 0.3) is 0 Å². The monoisotopic (exact) mass is 286 g/mol. The third-order valence-corrected chi connectivity index (χ3v) is 2.92. The second kappa shape index (κ2) is 6.01. The van der Waals surface area contributed by atoms with Crippen molar-refractivity contribution in [2.24, 2.45) is 0 Å². The van der Waals surface area contributed by atoms with Crippen LogP contribution in [0.15, 0.2) is 0 Å². The minimum atomic E-state index is -0.577. The highest BCUT2D eigenvalue weighted by atomic mass is 35.5. The summed E-state index contributed by atoms with van der Waals surface area (Å²) in [5, 5.41) is 10.3. The minimum absolute atomic E-state index is 0.00492. The van der Waals surface area contributed by atoms with Crippen molar-refractivity contribution in [2.45, 2.75) is 38.2 Å². The van der Waals surface area contributed by atoms with Crippen molar-refractivity contribution in [2.75, 3.05) is 6.61 Å². The van der Waals surface area contributed by atoms with E-state index >= 15 is 0 Å². The first-order chi connectivity index (χ1) is 9.15. The van der Waals surface area contributed by atoms with E-state index in [1.54, 1.807) is 6.92 Å².